The SMILES string of the molecule is Nc1nc2ccc(F)cc2c2nn(Cc3cccc(Cl)c3)c(=O)n12. The Morgan fingerprint density at radius 1 is 1.21 bits per heavy atom. The van der Waals surface area contributed by atoms with E-state index >= 15 is 0 Å². The quantitative estimate of drug-likeness (QED) is 0.606. The number of nitrogens with zero attached hydrogens (tertiary/aromatic N) is 4. The van der Waals surface area contributed by atoms with Crippen LogP contribution >= 0.6 is 11.6 Å². The average molecular weight is 344 g/mol. The van der Waals surface area contributed by atoms with Crippen molar-refractivity contribution in [1.29, 1.82) is 0 Å². The molecule has 0 aliphatic heterocycles. The maximum absolute atomic E-state index is 13.6. The van der Waals surface area contributed by atoms with Gasteiger partial charge in [-0.05, 0) is 35.9 Å². The van der Waals surface area contributed by atoms with Crippen molar-refractivity contribution in [2.24, 2.45) is 0 Å². The summed E-state index contributed by atoms with van der Waals surface area (Å²) in [6, 6.07) is 11.2. The molecule has 24 heavy (non-hydrogen) atoms. The monoisotopic (exact) mass is 343 g/mol. The minimum atomic E-state index is -0.443. The number of hydrogen-bond donors (Lipinski definition) is 1. The van der Waals surface area contributed by atoms with Crippen LogP contribution in [0.5, 0.6) is 0 Å². The molecule has 0 atom stereocenters. The van der Waals surface area contributed by atoms with Crippen LogP contribution in [0.25, 0.3) is 16.6 Å². The molecule has 0 amide bonds. The molecule has 0 radical (unpaired) electrons. The number of anilines is 1. The van der Waals surface area contributed by atoms with Crippen LogP contribution in [0.15, 0.2) is 47.3 Å². The van der Waals surface area contributed by atoms with Gasteiger partial charge in [0.1, 0.15) is 5.82 Å². The summed E-state index contributed by atoms with van der Waals surface area (Å²) in [5.74, 6) is -0.431. The first-order valence-corrected chi connectivity index (χ1v) is 7.49. The van der Waals surface area contributed by atoms with Crippen molar-refractivity contribution in [3.05, 3.63) is 69.4 Å². The molecule has 4 rings (SSSR count). The van der Waals surface area contributed by atoms with Gasteiger partial charge in [0.25, 0.3) is 0 Å². The molecule has 8 heteroatoms. The molecular formula is C16H11ClFN5O. The van der Waals surface area contributed by atoms with Crippen LogP contribution in [0.2, 0.25) is 5.02 Å². The third kappa shape index (κ3) is 2.30. The first-order chi connectivity index (χ1) is 11.5. The van der Waals surface area contributed by atoms with Gasteiger partial charge in [-0.25, -0.2) is 23.3 Å². The topological polar surface area (TPSA) is 78.2 Å². The summed E-state index contributed by atoms with van der Waals surface area (Å²) >= 11 is 5.97. The van der Waals surface area contributed by atoms with Crippen molar-refractivity contribution >= 4 is 34.1 Å². The minimum Gasteiger partial charge on any atom is -0.369 e. The smallest absolute Gasteiger partial charge is 0.353 e. The van der Waals surface area contributed by atoms with Crippen LogP contribution in [-0.4, -0.2) is 19.2 Å². The van der Waals surface area contributed by atoms with E-state index in [-0.39, 0.29) is 18.1 Å². The van der Waals surface area contributed by atoms with E-state index in [0.29, 0.717) is 15.9 Å². The third-order valence-corrected chi connectivity index (χ3v) is 3.96. The molecule has 4 aromatic rings. The molecule has 2 aromatic carbocycles. The fraction of sp³-hybridized carbons (Fsp3) is 0.0625. The van der Waals surface area contributed by atoms with Crippen molar-refractivity contribution in [3.63, 3.8) is 0 Å². The number of hydrogen-bond acceptors (Lipinski definition) is 4. The highest BCUT2D eigenvalue weighted by Crippen LogP contribution is 2.19. The molecule has 0 spiro atoms. The Kier molecular flexibility index (Phi) is 3.24. The molecule has 120 valence electrons. The van der Waals surface area contributed by atoms with E-state index in [0.717, 1.165) is 5.56 Å². The molecule has 0 fully saturated rings. The van der Waals surface area contributed by atoms with Gasteiger partial charge in [0.15, 0.2) is 5.65 Å². The fourth-order valence-electron chi connectivity index (χ4n) is 2.66. The van der Waals surface area contributed by atoms with Gasteiger partial charge in [-0.15, -0.1) is 5.10 Å². The van der Waals surface area contributed by atoms with Crippen molar-refractivity contribution in [1.82, 2.24) is 19.2 Å². The summed E-state index contributed by atoms with van der Waals surface area (Å²) in [6.45, 7) is 0.220. The summed E-state index contributed by atoms with van der Waals surface area (Å²) in [7, 11) is 0. The lowest BCUT2D eigenvalue weighted by atomic mass is 10.2. The second-order valence-corrected chi connectivity index (χ2v) is 5.80. The Morgan fingerprint density at radius 3 is 2.83 bits per heavy atom. The summed E-state index contributed by atoms with van der Waals surface area (Å²) in [4.78, 5) is 16.7. The zero-order chi connectivity index (χ0) is 16.8. The van der Waals surface area contributed by atoms with Gasteiger partial charge in [-0.1, -0.05) is 23.7 Å². The number of benzene rings is 2. The van der Waals surface area contributed by atoms with Crippen molar-refractivity contribution in [2.45, 2.75) is 6.54 Å². The lowest BCUT2D eigenvalue weighted by Gasteiger charge is -2.01. The summed E-state index contributed by atoms with van der Waals surface area (Å²) < 4.78 is 16.0. The Labute approximate surface area is 139 Å². The Hall–Kier alpha value is -2.93. The molecule has 6 nitrogen and oxygen atoms in total. The highest BCUT2D eigenvalue weighted by molar-refractivity contribution is 6.30. The number of nitrogen functional groups attached to an aromatic ring is 1. The van der Waals surface area contributed by atoms with Crippen molar-refractivity contribution in [2.75, 3.05) is 5.73 Å². The highest BCUT2D eigenvalue weighted by atomic mass is 35.5. The van der Waals surface area contributed by atoms with Crippen molar-refractivity contribution in [3.8, 4) is 0 Å². The van der Waals surface area contributed by atoms with E-state index in [1.165, 1.54) is 27.3 Å². The second kappa shape index (κ2) is 5.31. The van der Waals surface area contributed by atoms with Crippen LogP contribution in [0.4, 0.5) is 10.3 Å². The van der Waals surface area contributed by atoms with Gasteiger partial charge < -0.3 is 5.73 Å². The van der Waals surface area contributed by atoms with E-state index in [1.807, 2.05) is 6.07 Å². The summed E-state index contributed by atoms with van der Waals surface area (Å²) in [6.07, 6.45) is 0. The number of aromatic nitrogens is 4. The predicted molar refractivity (Wildman–Crippen MR) is 89.7 cm³/mol. The maximum atomic E-state index is 13.6. The lowest BCUT2D eigenvalue weighted by Crippen LogP contribution is -2.23. The first kappa shape index (κ1) is 14.6. The number of halogens is 2. The van der Waals surface area contributed by atoms with Crippen LogP contribution in [0.1, 0.15) is 5.56 Å². The van der Waals surface area contributed by atoms with Crippen LogP contribution in [0, 0.1) is 5.82 Å². The van der Waals surface area contributed by atoms with Gasteiger partial charge in [0.05, 0.1) is 12.1 Å². The van der Waals surface area contributed by atoms with Gasteiger partial charge in [0.2, 0.25) is 5.95 Å². The summed E-state index contributed by atoms with van der Waals surface area (Å²) in [5, 5.41) is 5.29. The molecule has 2 N–H and O–H groups in total. The maximum Gasteiger partial charge on any atom is 0.353 e. The zero-order valence-electron chi connectivity index (χ0n) is 12.3. The molecule has 0 aliphatic rings. The molecule has 0 bridgehead atoms. The Morgan fingerprint density at radius 2 is 2.04 bits per heavy atom. The molecule has 2 aromatic heterocycles. The largest absolute Gasteiger partial charge is 0.369 e. The second-order valence-electron chi connectivity index (χ2n) is 5.36. The van der Waals surface area contributed by atoms with E-state index < -0.39 is 11.5 Å². The van der Waals surface area contributed by atoms with Gasteiger partial charge in [-0.3, -0.25) is 0 Å². The van der Waals surface area contributed by atoms with E-state index in [2.05, 4.69) is 10.1 Å². The minimum absolute atomic E-state index is 0.00597. The van der Waals surface area contributed by atoms with E-state index in [1.54, 1.807) is 18.2 Å². The van der Waals surface area contributed by atoms with E-state index in [4.69, 9.17) is 17.3 Å². The van der Waals surface area contributed by atoms with Crippen LogP contribution < -0.4 is 11.4 Å². The third-order valence-electron chi connectivity index (χ3n) is 3.72. The van der Waals surface area contributed by atoms with E-state index in [9.17, 15) is 9.18 Å². The average Bonchev–Trinajstić information content (AvgIpc) is 2.86. The summed E-state index contributed by atoms with van der Waals surface area (Å²) in [5.41, 5.74) is 6.99. The number of rotatable bonds is 2. The van der Waals surface area contributed by atoms with Crippen LogP contribution in [-0.2, 0) is 6.54 Å². The molecule has 0 unspecified atom stereocenters. The molecule has 2 heterocycles. The first-order valence-electron chi connectivity index (χ1n) is 7.12. The van der Waals surface area contributed by atoms with Crippen LogP contribution in [0.3, 0.4) is 0 Å². The van der Waals surface area contributed by atoms with Gasteiger partial charge in [0, 0.05) is 10.4 Å². The number of nitrogens with two attached hydrogens (primary N) is 1. The molecule has 0 saturated heterocycles. The lowest BCUT2D eigenvalue weighted by molar-refractivity contribution is 0.629. The predicted octanol–water partition coefficient (Wildman–Crippen LogP) is 2.47. The zero-order valence-corrected chi connectivity index (χ0v) is 13.0. The Bertz CT molecular complexity index is 1150. The Balaban J connectivity index is 1.96. The normalized spacial score (nSPS) is 11.4. The highest BCUT2D eigenvalue weighted by Gasteiger charge is 2.15. The molecular weight excluding hydrogens is 333 g/mol. The van der Waals surface area contributed by atoms with Gasteiger partial charge >= 0.3 is 5.69 Å². The molecule has 0 saturated carbocycles. The van der Waals surface area contributed by atoms with Gasteiger partial charge in [-0.2, -0.15) is 0 Å². The standard InChI is InChI=1S/C16H11ClFN5O/c17-10-3-1-2-9(6-10)8-22-16(24)23-14(21-22)12-7-11(18)4-5-13(12)20-15(23)19/h1-7H,8H2,(H2,19,20). The number of fused-ring (bicyclic) bond motifs is 3. The molecule has 0 aliphatic carbocycles. The fourth-order valence-corrected chi connectivity index (χ4v) is 2.87. The van der Waals surface area contributed by atoms with Crippen molar-refractivity contribution < 1.29 is 4.39 Å².